The van der Waals surface area contributed by atoms with Crippen molar-refractivity contribution in [2.45, 2.75) is 17.5 Å². The summed E-state index contributed by atoms with van der Waals surface area (Å²) in [5.74, 6) is 4.46. The van der Waals surface area contributed by atoms with Crippen LogP contribution in [0, 0.1) is 0 Å². The van der Waals surface area contributed by atoms with E-state index in [0.29, 0.717) is 6.04 Å². The predicted molar refractivity (Wildman–Crippen MR) is 91.9 cm³/mol. The van der Waals surface area contributed by atoms with Crippen molar-refractivity contribution in [2.75, 3.05) is 11.5 Å². The fraction of sp³-hybridized carbons (Fsp3) is 0.294. The lowest BCUT2D eigenvalue weighted by atomic mass is 10.2. The van der Waals surface area contributed by atoms with Crippen LogP contribution in [0.15, 0.2) is 60.7 Å². The Morgan fingerprint density at radius 3 is 1.50 bits per heavy atom. The Hall–Kier alpha value is -0.900. The Balaban J connectivity index is 1.58. The van der Waals surface area contributed by atoms with E-state index in [-0.39, 0.29) is 0 Å². The molecule has 3 heteroatoms. The van der Waals surface area contributed by atoms with Crippen LogP contribution < -0.4 is 5.73 Å². The molecule has 3 N–H and O–H groups in total. The summed E-state index contributed by atoms with van der Waals surface area (Å²) < 4.78 is 0. The Kier molecular flexibility index (Phi) is 7.06. The average molecular weight is 305 g/mol. The first-order valence-corrected chi connectivity index (χ1v) is 9.22. The fourth-order valence-electron chi connectivity index (χ4n) is 1.88. The van der Waals surface area contributed by atoms with Gasteiger partial charge in [-0.05, 0) is 11.1 Å². The largest absolute Gasteiger partial charge is 0.354 e. The molecule has 0 amide bonds. The topological polar surface area (TPSA) is 27.6 Å². The molecule has 0 atom stereocenters. The Morgan fingerprint density at radius 1 is 0.700 bits per heavy atom. The highest BCUT2D eigenvalue weighted by atomic mass is 32.2. The maximum absolute atomic E-state index is 4.26. The van der Waals surface area contributed by atoms with Gasteiger partial charge in [0.2, 0.25) is 0 Å². The van der Waals surface area contributed by atoms with Crippen LogP contribution in [0.3, 0.4) is 0 Å². The number of quaternary nitrogens is 1. The second kappa shape index (κ2) is 9.11. The maximum Gasteiger partial charge on any atom is 0.103 e. The Labute approximate surface area is 130 Å². The number of hydrogen-bond acceptors (Lipinski definition) is 2. The first-order valence-electron chi connectivity index (χ1n) is 6.91. The number of thioether (sulfide) groups is 2. The minimum atomic E-state index is 0.525. The van der Waals surface area contributed by atoms with Gasteiger partial charge in [0.1, 0.15) is 6.04 Å². The minimum Gasteiger partial charge on any atom is -0.354 e. The molecule has 0 saturated carbocycles. The van der Waals surface area contributed by atoms with Crippen LogP contribution in [0.4, 0.5) is 0 Å². The summed E-state index contributed by atoms with van der Waals surface area (Å²) in [6.45, 7) is 0. The second-order valence-corrected chi connectivity index (χ2v) is 6.93. The van der Waals surface area contributed by atoms with Gasteiger partial charge >= 0.3 is 0 Å². The summed E-state index contributed by atoms with van der Waals surface area (Å²) in [5, 5.41) is 0. The van der Waals surface area contributed by atoms with E-state index in [1.807, 2.05) is 23.5 Å². The molecule has 0 saturated heterocycles. The molecule has 0 heterocycles. The van der Waals surface area contributed by atoms with E-state index >= 15 is 0 Å². The van der Waals surface area contributed by atoms with Crippen molar-refractivity contribution in [1.29, 1.82) is 0 Å². The van der Waals surface area contributed by atoms with Crippen LogP contribution in [0.2, 0.25) is 0 Å². The molecule has 2 rings (SSSR count). The maximum atomic E-state index is 4.26. The van der Waals surface area contributed by atoms with E-state index in [9.17, 15) is 0 Å². The summed E-state index contributed by atoms with van der Waals surface area (Å²) in [4.78, 5) is 0. The minimum absolute atomic E-state index is 0.525. The predicted octanol–water partition coefficient (Wildman–Crippen LogP) is 3.46. The summed E-state index contributed by atoms with van der Waals surface area (Å²) in [6, 6.07) is 21.8. The Bertz CT molecular complexity index is 427. The Morgan fingerprint density at radius 2 is 1.10 bits per heavy atom. The molecule has 106 valence electrons. The third-order valence-electron chi connectivity index (χ3n) is 2.93. The van der Waals surface area contributed by atoms with Gasteiger partial charge in [-0.2, -0.15) is 23.5 Å². The van der Waals surface area contributed by atoms with E-state index in [4.69, 9.17) is 0 Å². The standard InChI is InChI=1S/C17H21NS2/c18-17(13-19-11-15-7-3-1-4-8-15)14-20-12-16-9-5-2-6-10-16/h1-10,17H,11-14,18H2/p+1. The smallest absolute Gasteiger partial charge is 0.103 e. The average Bonchev–Trinajstić information content (AvgIpc) is 2.49. The first-order chi connectivity index (χ1) is 9.84. The summed E-state index contributed by atoms with van der Waals surface area (Å²) in [6.07, 6.45) is 0. The van der Waals surface area contributed by atoms with E-state index in [2.05, 4.69) is 66.4 Å². The molecule has 0 aliphatic heterocycles. The number of benzene rings is 2. The zero-order valence-corrected chi connectivity index (χ0v) is 13.3. The molecule has 0 bridgehead atoms. The third kappa shape index (κ3) is 6.04. The molecule has 0 spiro atoms. The van der Waals surface area contributed by atoms with Crippen molar-refractivity contribution < 1.29 is 5.73 Å². The molecule has 1 nitrogen and oxygen atoms in total. The van der Waals surface area contributed by atoms with Crippen molar-refractivity contribution in [3.05, 3.63) is 71.8 Å². The SMILES string of the molecule is [NH3+]C(CSCc1ccccc1)CSCc1ccccc1. The van der Waals surface area contributed by atoms with Crippen molar-refractivity contribution in [2.24, 2.45) is 0 Å². The quantitative estimate of drug-likeness (QED) is 0.809. The van der Waals surface area contributed by atoms with E-state index in [0.717, 1.165) is 23.0 Å². The van der Waals surface area contributed by atoms with Crippen molar-refractivity contribution in [1.82, 2.24) is 0 Å². The molecule has 20 heavy (non-hydrogen) atoms. The molecule has 0 aliphatic carbocycles. The van der Waals surface area contributed by atoms with Gasteiger partial charge in [-0.15, -0.1) is 0 Å². The molecule has 2 aromatic carbocycles. The van der Waals surface area contributed by atoms with E-state index < -0.39 is 0 Å². The van der Waals surface area contributed by atoms with Gasteiger partial charge in [0.05, 0.1) is 0 Å². The fourth-order valence-corrected chi connectivity index (χ4v) is 4.03. The van der Waals surface area contributed by atoms with Gasteiger partial charge in [-0.1, -0.05) is 60.7 Å². The molecule has 0 aromatic heterocycles. The normalized spacial score (nSPS) is 10.9. The van der Waals surface area contributed by atoms with E-state index in [1.165, 1.54) is 11.1 Å². The summed E-state index contributed by atoms with van der Waals surface area (Å²) >= 11 is 3.97. The monoisotopic (exact) mass is 304 g/mol. The molecule has 2 aromatic rings. The molecule has 0 unspecified atom stereocenters. The van der Waals surface area contributed by atoms with Crippen LogP contribution in [0.5, 0.6) is 0 Å². The number of rotatable bonds is 8. The molecular formula is C17H22NS2+. The summed E-state index contributed by atoms with van der Waals surface area (Å²) in [7, 11) is 0. The van der Waals surface area contributed by atoms with Crippen molar-refractivity contribution in [3.8, 4) is 0 Å². The molecule has 0 radical (unpaired) electrons. The van der Waals surface area contributed by atoms with Crippen LogP contribution >= 0.6 is 23.5 Å². The van der Waals surface area contributed by atoms with Crippen LogP contribution in [-0.2, 0) is 11.5 Å². The lowest BCUT2D eigenvalue weighted by Gasteiger charge is -2.08. The zero-order chi connectivity index (χ0) is 14.0. The second-order valence-electron chi connectivity index (χ2n) is 4.87. The van der Waals surface area contributed by atoms with Gasteiger partial charge in [-0.25, -0.2) is 0 Å². The van der Waals surface area contributed by atoms with Gasteiger partial charge in [0.25, 0.3) is 0 Å². The molecular weight excluding hydrogens is 282 g/mol. The van der Waals surface area contributed by atoms with Crippen LogP contribution in [0.1, 0.15) is 11.1 Å². The lowest BCUT2D eigenvalue weighted by Crippen LogP contribution is -2.63. The highest BCUT2D eigenvalue weighted by molar-refractivity contribution is 7.99. The van der Waals surface area contributed by atoms with Gasteiger partial charge in [-0.3, -0.25) is 0 Å². The van der Waals surface area contributed by atoms with Gasteiger partial charge < -0.3 is 5.73 Å². The van der Waals surface area contributed by atoms with Gasteiger partial charge in [0, 0.05) is 23.0 Å². The van der Waals surface area contributed by atoms with Crippen LogP contribution in [-0.4, -0.2) is 17.5 Å². The van der Waals surface area contributed by atoms with Crippen molar-refractivity contribution in [3.63, 3.8) is 0 Å². The highest BCUT2D eigenvalue weighted by Gasteiger charge is 2.06. The zero-order valence-electron chi connectivity index (χ0n) is 11.7. The molecule has 0 fully saturated rings. The van der Waals surface area contributed by atoms with Gasteiger partial charge in [0.15, 0.2) is 0 Å². The first kappa shape index (κ1) is 15.5. The molecule has 0 aliphatic rings. The van der Waals surface area contributed by atoms with Crippen molar-refractivity contribution >= 4 is 23.5 Å². The third-order valence-corrected chi connectivity index (χ3v) is 5.42. The summed E-state index contributed by atoms with van der Waals surface area (Å²) in [5.41, 5.74) is 7.07. The lowest BCUT2D eigenvalue weighted by molar-refractivity contribution is -0.404. The highest BCUT2D eigenvalue weighted by Crippen LogP contribution is 2.15. The van der Waals surface area contributed by atoms with E-state index in [1.54, 1.807) is 0 Å². The van der Waals surface area contributed by atoms with Crippen LogP contribution in [0.25, 0.3) is 0 Å². The number of hydrogen-bond donors (Lipinski definition) is 1.